The number of hydrogen-bond donors (Lipinski definition) is 0. The first kappa shape index (κ1) is 18.5. The van der Waals surface area contributed by atoms with Gasteiger partial charge in [0.15, 0.2) is 0 Å². The highest BCUT2D eigenvalue weighted by molar-refractivity contribution is 5.78. The van der Waals surface area contributed by atoms with Crippen LogP contribution in [-0.4, -0.2) is 42.0 Å². The lowest BCUT2D eigenvalue weighted by Gasteiger charge is -2.25. The van der Waals surface area contributed by atoms with E-state index in [-0.39, 0.29) is 11.8 Å². The molecule has 4 nitrogen and oxygen atoms in total. The standard InChI is InChI=1S/C17H24F3N3O/c1-3-5-13(2)16(24)23-9-4-8-22(10-11-23)15-7-6-14(12-21-15)17(18,19)20/h6-7,12-13H,3-5,8-11H2,1-2H3. The Hall–Kier alpha value is -1.79. The van der Waals surface area contributed by atoms with Crippen LogP contribution in [0.15, 0.2) is 18.3 Å². The largest absolute Gasteiger partial charge is 0.417 e. The smallest absolute Gasteiger partial charge is 0.355 e. The predicted octanol–water partition coefficient (Wildman–Crippen LogP) is 3.58. The minimum absolute atomic E-state index is 0.0192. The maximum Gasteiger partial charge on any atom is 0.417 e. The zero-order valence-corrected chi connectivity index (χ0v) is 14.1. The first-order chi connectivity index (χ1) is 11.3. The van der Waals surface area contributed by atoms with Gasteiger partial charge in [-0.3, -0.25) is 4.79 Å². The second-order valence-corrected chi connectivity index (χ2v) is 6.26. The SMILES string of the molecule is CCCC(C)C(=O)N1CCCN(c2ccc(C(F)(F)F)cn2)CC1. The van der Waals surface area contributed by atoms with Gasteiger partial charge in [-0.05, 0) is 25.0 Å². The Labute approximate surface area is 140 Å². The van der Waals surface area contributed by atoms with Crippen LogP contribution < -0.4 is 4.90 Å². The number of anilines is 1. The van der Waals surface area contributed by atoms with E-state index >= 15 is 0 Å². The quantitative estimate of drug-likeness (QED) is 0.838. The lowest BCUT2D eigenvalue weighted by molar-refractivity contribution is -0.138. The molecule has 1 fully saturated rings. The minimum atomic E-state index is -4.37. The van der Waals surface area contributed by atoms with E-state index in [1.807, 2.05) is 16.7 Å². The molecule has 0 aromatic carbocycles. The molecule has 0 saturated carbocycles. The molecule has 0 N–H and O–H groups in total. The summed E-state index contributed by atoms with van der Waals surface area (Å²) in [5, 5.41) is 0. The fraction of sp³-hybridized carbons (Fsp3) is 0.647. The molecule has 1 aliphatic heterocycles. The fourth-order valence-electron chi connectivity index (χ4n) is 2.98. The summed E-state index contributed by atoms with van der Waals surface area (Å²) in [5.74, 6) is 0.712. The topological polar surface area (TPSA) is 36.4 Å². The Morgan fingerprint density at radius 2 is 2.00 bits per heavy atom. The second-order valence-electron chi connectivity index (χ2n) is 6.26. The number of rotatable bonds is 4. The average molecular weight is 343 g/mol. The Morgan fingerprint density at radius 3 is 2.58 bits per heavy atom. The summed E-state index contributed by atoms with van der Waals surface area (Å²) < 4.78 is 37.8. The van der Waals surface area contributed by atoms with Gasteiger partial charge in [0.25, 0.3) is 0 Å². The van der Waals surface area contributed by atoms with Crippen molar-refractivity contribution in [3.05, 3.63) is 23.9 Å². The Bertz CT molecular complexity index is 545. The van der Waals surface area contributed by atoms with Crippen LogP contribution in [0.1, 0.15) is 38.7 Å². The van der Waals surface area contributed by atoms with Crippen molar-refractivity contribution in [1.82, 2.24) is 9.88 Å². The Balaban J connectivity index is 1.99. The molecule has 0 radical (unpaired) electrons. The fourth-order valence-corrected chi connectivity index (χ4v) is 2.98. The summed E-state index contributed by atoms with van der Waals surface area (Å²) in [6.07, 6.45) is -0.870. The number of nitrogens with zero attached hydrogens (tertiary/aromatic N) is 3. The zero-order valence-electron chi connectivity index (χ0n) is 14.1. The van der Waals surface area contributed by atoms with Gasteiger partial charge in [0.2, 0.25) is 5.91 Å². The molecule has 24 heavy (non-hydrogen) atoms. The van der Waals surface area contributed by atoms with Crippen LogP contribution in [0.5, 0.6) is 0 Å². The summed E-state index contributed by atoms with van der Waals surface area (Å²) in [6, 6.07) is 2.46. The van der Waals surface area contributed by atoms with E-state index in [4.69, 9.17) is 0 Å². The highest BCUT2D eigenvalue weighted by Crippen LogP contribution is 2.29. The third-order valence-electron chi connectivity index (χ3n) is 4.35. The molecule has 0 spiro atoms. The number of aromatic nitrogens is 1. The van der Waals surface area contributed by atoms with E-state index in [0.717, 1.165) is 31.5 Å². The minimum Gasteiger partial charge on any atom is -0.355 e. The average Bonchev–Trinajstić information content (AvgIpc) is 2.79. The zero-order chi connectivity index (χ0) is 17.7. The van der Waals surface area contributed by atoms with Gasteiger partial charge >= 0.3 is 6.18 Å². The molecule has 7 heteroatoms. The van der Waals surface area contributed by atoms with Crippen molar-refractivity contribution >= 4 is 11.7 Å². The summed E-state index contributed by atoms with van der Waals surface area (Å²) >= 11 is 0. The summed E-state index contributed by atoms with van der Waals surface area (Å²) in [7, 11) is 0. The van der Waals surface area contributed by atoms with Gasteiger partial charge in [0, 0.05) is 38.3 Å². The van der Waals surface area contributed by atoms with Crippen LogP contribution in [0.3, 0.4) is 0 Å². The highest BCUT2D eigenvalue weighted by Gasteiger charge is 2.31. The number of carbonyl (C=O) groups excluding carboxylic acids is 1. The molecule has 1 aromatic rings. The van der Waals surface area contributed by atoms with E-state index in [1.54, 1.807) is 0 Å². The van der Waals surface area contributed by atoms with Crippen LogP contribution in [0.25, 0.3) is 0 Å². The van der Waals surface area contributed by atoms with Gasteiger partial charge in [-0.15, -0.1) is 0 Å². The van der Waals surface area contributed by atoms with Gasteiger partial charge < -0.3 is 9.80 Å². The molecule has 1 atom stereocenters. The van der Waals surface area contributed by atoms with Crippen molar-refractivity contribution in [1.29, 1.82) is 0 Å². The number of alkyl halides is 3. The van der Waals surface area contributed by atoms with Gasteiger partial charge in [-0.1, -0.05) is 20.3 Å². The van der Waals surface area contributed by atoms with Crippen LogP contribution in [0.4, 0.5) is 19.0 Å². The number of carbonyl (C=O) groups is 1. The van der Waals surface area contributed by atoms with Crippen molar-refractivity contribution in [3.63, 3.8) is 0 Å². The van der Waals surface area contributed by atoms with E-state index in [0.29, 0.717) is 32.0 Å². The van der Waals surface area contributed by atoms with Gasteiger partial charge in [-0.25, -0.2) is 4.98 Å². The number of amides is 1. The number of hydrogen-bond acceptors (Lipinski definition) is 3. The van der Waals surface area contributed by atoms with Crippen LogP contribution >= 0.6 is 0 Å². The van der Waals surface area contributed by atoms with E-state index < -0.39 is 11.7 Å². The Morgan fingerprint density at radius 1 is 1.25 bits per heavy atom. The molecule has 1 aliphatic rings. The van der Waals surface area contributed by atoms with Gasteiger partial charge in [0.1, 0.15) is 5.82 Å². The molecular weight excluding hydrogens is 319 g/mol. The summed E-state index contributed by atoms with van der Waals surface area (Å²) in [4.78, 5) is 20.2. The first-order valence-electron chi connectivity index (χ1n) is 8.40. The lowest BCUT2D eigenvalue weighted by Crippen LogP contribution is -2.38. The van der Waals surface area contributed by atoms with E-state index in [9.17, 15) is 18.0 Å². The van der Waals surface area contributed by atoms with Gasteiger partial charge in [-0.2, -0.15) is 13.2 Å². The molecule has 0 bridgehead atoms. The van der Waals surface area contributed by atoms with E-state index in [2.05, 4.69) is 11.9 Å². The maximum absolute atomic E-state index is 12.6. The molecule has 2 heterocycles. The Kier molecular flexibility index (Phi) is 6.07. The first-order valence-corrected chi connectivity index (χ1v) is 8.40. The van der Waals surface area contributed by atoms with Crippen molar-refractivity contribution < 1.29 is 18.0 Å². The van der Waals surface area contributed by atoms with Crippen molar-refractivity contribution in [2.24, 2.45) is 5.92 Å². The molecule has 0 aliphatic carbocycles. The maximum atomic E-state index is 12.6. The molecular formula is C17H24F3N3O. The highest BCUT2D eigenvalue weighted by atomic mass is 19.4. The predicted molar refractivity (Wildman–Crippen MR) is 86.7 cm³/mol. The second kappa shape index (κ2) is 7.85. The monoisotopic (exact) mass is 343 g/mol. The van der Waals surface area contributed by atoms with Crippen LogP contribution in [0, 0.1) is 5.92 Å². The molecule has 1 unspecified atom stereocenters. The lowest BCUT2D eigenvalue weighted by atomic mass is 10.0. The van der Waals surface area contributed by atoms with Crippen molar-refractivity contribution in [3.8, 4) is 0 Å². The molecule has 2 rings (SSSR count). The van der Waals surface area contributed by atoms with Crippen molar-refractivity contribution in [2.45, 2.75) is 39.3 Å². The van der Waals surface area contributed by atoms with Crippen molar-refractivity contribution in [2.75, 3.05) is 31.1 Å². The summed E-state index contributed by atoms with van der Waals surface area (Å²) in [5.41, 5.74) is -0.744. The molecule has 134 valence electrons. The normalized spacial score (nSPS) is 17.5. The van der Waals surface area contributed by atoms with Gasteiger partial charge in [0.05, 0.1) is 5.56 Å². The van der Waals surface area contributed by atoms with Crippen LogP contribution in [-0.2, 0) is 11.0 Å². The number of pyridine rings is 1. The summed E-state index contributed by atoms with van der Waals surface area (Å²) in [6.45, 7) is 6.54. The molecule has 1 amide bonds. The molecule has 1 saturated heterocycles. The number of halogens is 3. The van der Waals surface area contributed by atoms with E-state index in [1.165, 1.54) is 6.07 Å². The van der Waals surface area contributed by atoms with Crippen LogP contribution in [0.2, 0.25) is 0 Å². The third-order valence-corrected chi connectivity index (χ3v) is 4.35. The third kappa shape index (κ3) is 4.61. The molecule has 1 aromatic heterocycles.